The molecule has 0 radical (unpaired) electrons. The van der Waals surface area contributed by atoms with Gasteiger partial charge in [0.1, 0.15) is 0 Å². The molecule has 0 saturated heterocycles. The van der Waals surface area contributed by atoms with Crippen molar-refractivity contribution < 1.29 is 19.1 Å². The fourth-order valence-corrected chi connectivity index (χ4v) is 3.28. The van der Waals surface area contributed by atoms with Gasteiger partial charge in [-0.3, -0.25) is 9.59 Å². The van der Waals surface area contributed by atoms with Gasteiger partial charge in [-0.25, -0.2) is 4.79 Å². The van der Waals surface area contributed by atoms with E-state index in [9.17, 15) is 14.4 Å². The van der Waals surface area contributed by atoms with Crippen LogP contribution >= 0.6 is 0 Å². The van der Waals surface area contributed by atoms with Crippen LogP contribution in [0.25, 0.3) is 0 Å². The smallest absolute Gasteiger partial charge is 0.330 e. The van der Waals surface area contributed by atoms with E-state index in [-0.39, 0.29) is 29.8 Å². The summed E-state index contributed by atoms with van der Waals surface area (Å²) in [4.78, 5) is 36.2. The Morgan fingerprint density at radius 1 is 1.08 bits per heavy atom. The molecular formula is C21H24O4. The highest BCUT2D eigenvalue weighted by Crippen LogP contribution is 2.34. The largest absolute Gasteiger partial charge is 0.466 e. The first kappa shape index (κ1) is 18.8. The Kier molecular flexibility index (Phi) is 7.33. The molecule has 132 valence electrons. The Morgan fingerprint density at radius 2 is 1.72 bits per heavy atom. The van der Waals surface area contributed by atoms with E-state index in [0.717, 1.165) is 25.7 Å². The molecule has 0 bridgehead atoms. The van der Waals surface area contributed by atoms with Gasteiger partial charge in [0.05, 0.1) is 7.11 Å². The van der Waals surface area contributed by atoms with Gasteiger partial charge in [-0.05, 0) is 24.8 Å². The molecule has 1 saturated carbocycles. The molecule has 1 aromatic carbocycles. The Morgan fingerprint density at radius 3 is 2.36 bits per heavy atom. The average Bonchev–Trinajstić information content (AvgIpc) is 3.17. The van der Waals surface area contributed by atoms with Crippen molar-refractivity contribution in [2.24, 2.45) is 11.8 Å². The third-order valence-electron chi connectivity index (χ3n) is 4.64. The van der Waals surface area contributed by atoms with E-state index in [1.165, 1.54) is 31.4 Å². The maximum atomic E-state index is 12.6. The molecule has 0 spiro atoms. The highest BCUT2D eigenvalue weighted by atomic mass is 16.5. The lowest BCUT2D eigenvalue weighted by Gasteiger charge is -2.20. The average molecular weight is 340 g/mol. The van der Waals surface area contributed by atoms with Crippen LogP contribution in [0.4, 0.5) is 0 Å². The van der Waals surface area contributed by atoms with Crippen molar-refractivity contribution in [3.8, 4) is 0 Å². The second kappa shape index (κ2) is 9.72. The van der Waals surface area contributed by atoms with Crippen LogP contribution in [0.3, 0.4) is 0 Å². The number of rotatable bonds is 8. The van der Waals surface area contributed by atoms with E-state index in [1.54, 1.807) is 12.1 Å². The van der Waals surface area contributed by atoms with Gasteiger partial charge in [-0.2, -0.15) is 0 Å². The van der Waals surface area contributed by atoms with Gasteiger partial charge in [0, 0.05) is 24.0 Å². The zero-order valence-corrected chi connectivity index (χ0v) is 14.5. The second-order valence-corrected chi connectivity index (χ2v) is 6.29. The summed E-state index contributed by atoms with van der Waals surface area (Å²) in [6, 6.07) is 9.10. The normalized spacial score (nSPS) is 16.4. The fraction of sp³-hybridized carbons (Fsp3) is 0.381. The standard InChI is InChI=1S/C21H24O4/c1-25-21(24)14-8-7-13-19(22)18(16-9-5-6-10-16)15-20(23)17-11-3-2-4-12-17/h2-4,7-8,11-14,16,18H,5-6,9-10,15H2,1H3/b13-7+,14-8+. The van der Waals surface area contributed by atoms with Crippen LogP contribution in [0.2, 0.25) is 0 Å². The SMILES string of the molecule is COC(=O)/C=C/C=C/C(=O)C(CC(=O)c1ccccc1)C1CCCC1. The third kappa shape index (κ3) is 5.82. The maximum Gasteiger partial charge on any atom is 0.330 e. The van der Waals surface area contributed by atoms with Crippen LogP contribution in [0, 0.1) is 11.8 Å². The van der Waals surface area contributed by atoms with Crippen molar-refractivity contribution >= 4 is 17.5 Å². The minimum Gasteiger partial charge on any atom is -0.466 e. The molecule has 0 amide bonds. The van der Waals surface area contributed by atoms with Gasteiger partial charge < -0.3 is 4.74 Å². The number of allylic oxidation sites excluding steroid dienone is 3. The molecule has 4 heteroatoms. The first-order valence-electron chi connectivity index (χ1n) is 8.66. The number of methoxy groups -OCH3 is 1. The fourth-order valence-electron chi connectivity index (χ4n) is 3.28. The summed E-state index contributed by atoms with van der Waals surface area (Å²) in [6.07, 6.45) is 10.2. The zero-order valence-electron chi connectivity index (χ0n) is 14.5. The highest BCUT2D eigenvalue weighted by molar-refractivity contribution is 6.01. The van der Waals surface area contributed by atoms with E-state index >= 15 is 0 Å². The minimum absolute atomic E-state index is 0.00403. The van der Waals surface area contributed by atoms with Crippen LogP contribution in [0.1, 0.15) is 42.5 Å². The summed E-state index contributed by atoms with van der Waals surface area (Å²) in [5.41, 5.74) is 0.646. The van der Waals surface area contributed by atoms with E-state index in [4.69, 9.17) is 0 Å². The van der Waals surface area contributed by atoms with Gasteiger partial charge in [-0.15, -0.1) is 0 Å². The Labute approximate surface area is 148 Å². The molecular weight excluding hydrogens is 316 g/mol. The molecule has 25 heavy (non-hydrogen) atoms. The van der Waals surface area contributed by atoms with Crippen molar-refractivity contribution in [3.63, 3.8) is 0 Å². The monoisotopic (exact) mass is 340 g/mol. The van der Waals surface area contributed by atoms with E-state index in [2.05, 4.69) is 4.74 Å². The number of carbonyl (C=O) groups is 3. The lowest BCUT2D eigenvalue weighted by molar-refractivity contribution is -0.134. The van der Waals surface area contributed by atoms with Crippen molar-refractivity contribution in [2.45, 2.75) is 32.1 Å². The predicted molar refractivity (Wildman–Crippen MR) is 96.1 cm³/mol. The number of hydrogen-bond acceptors (Lipinski definition) is 4. The number of Topliss-reactive ketones (excluding diaryl/α,β-unsaturated/α-hetero) is 1. The summed E-state index contributed by atoms with van der Waals surface area (Å²) < 4.78 is 4.50. The molecule has 1 fully saturated rings. The summed E-state index contributed by atoms with van der Waals surface area (Å²) >= 11 is 0. The molecule has 1 atom stereocenters. The quantitative estimate of drug-likeness (QED) is 0.311. The van der Waals surface area contributed by atoms with Gasteiger partial charge in [0.2, 0.25) is 0 Å². The highest BCUT2D eigenvalue weighted by Gasteiger charge is 2.31. The zero-order chi connectivity index (χ0) is 18.1. The number of ketones is 2. The van der Waals surface area contributed by atoms with Crippen molar-refractivity contribution in [2.75, 3.05) is 7.11 Å². The number of ether oxygens (including phenoxy) is 1. The van der Waals surface area contributed by atoms with Crippen molar-refractivity contribution in [1.29, 1.82) is 0 Å². The van der Waals surface area contributed by atoms with Crippen LogP contribution < -0.4 is 0 Å². The van der Waals surface area contributed by atoms with Gasteiger partial charge in [-0.1, -0.05) is 55.3 Å². The molecule has 0 N–H and O–H groups in total. The Hall–Kier alpha value is -2.49. The van der Waals surface area contributed by atoms with Gasteiger partial charge >= 0.3 is 5.97 Å². The van der Waals surface area contributed by atoms with Crippen LogP contribution in [0.15, 0.2) is 54.6 Å². The minimum atomic E-state index is -0.469. The van der Waals surface area contributed by atoms with E-state index < -0.39 is 5.97 Å². The topological polar surface area (TPSA) is 60.4 Å². The number of hydrogen-bond donors (Lipinski definition) is 0. The lowest BCUT2D eigenvalue weighted by atomic mass is 9.82. The summed E-state index contributed by atoms with van der Waals surface area (Å²) in [5, 5.41) is 0. The maximum absolute atomic E-state index is 12.6. The molecule has 0 aliphatic heterocycles. The Bertz CT molecular complexity index is 652. The van der Waals surface area contributed by atoms with Crippen LogP contribution in [-0.2, 0) is 14.3 Å². The Balaban J connectivity index is 2.06. The predicted octanol–water partition coefficient (Wildman–Crippen LogP) is 3.92. The molecule has 1 aromatic rings. The molecule has 2 rings (SSSR count). The van der Waals surface area contributed by atoms with Crippen LogP contribution in [0.5, 0.6) is 0 Å². The van der Waals surface area contributed by atoms with Crippen molar-refractivity contribution in [1.82, 2.24) is 0 Å². The summed E-state index contributed by atoms with van der Waals surface area (Å²) in [5.74, 6) is -0.550. The molecule has 1 unspecified atom stereocenters. The van der Waals surface area contributed by atoms with Gasteiger partial charge in [0.15, 0.2) is 11.6 Å². The molecule has 0 aromatic heterocycles. The summed E-state index contributed by atoms with van der Waals surface area (Å²) in [6.45, 7) is 0. The molecule has 1 aliphatic rings. The van der Waals surface area contributed by atoms with Crippen molar-refractivity contribution in [3.05, 3.63) is 60.2 Å². The summed E-state index contributed by atoms with van der Waals surface area (Å²) in [7, 11) is 1.30. The second-order valence-electron chi connectivity index (χ2n) is 6.29. The molecule has 1 aliphatic carbocycles. The number of benzene rings is 1. The molecule has 4 nitrogen and oxygen atoms in total. The van der Waals surface area contributed by atoms with Crippen LogP contribution in [-0.4, -0.2) is 24.6 Å². The van der Waals surface area contributed by atoms with Gasteiger partial charge in [0.25, 0.3) is 0 Å². The number of carbonyl (C=O) groups excluding carboxylic acids is 3. The van der Waals surface area contributed by atoms with E-state index in [1.807, 2.05) is 18.2 Å². The lowest BCUT2D eigenvalue weighted by Crippen LogP contribution is -2.24. The first-order chi connectivity index (χ1) is 12.1. The third-order valence-corrected chi connectivity index (χ3v) is 4.64. The first-order valence-corrected chi connectivity index (χ1v) is 8.66. The number of esters is 1. The van der Waals surface area contributed by atoms with E-state index in [0.29, 0.717) is 5.56 Å². The molecule has 0 heterocycles.